The number of likely N-dealkylation sites (tertiary alicyclic amines) is 1. The van der Waals surface area contributed by atoms with Crippen LogP contribution in [0, 0.1) is 5.92 Å². The van der Waals surface area contributed by atoms with Gasteiger partial charge in [0.15, 0.2) is 0 Å². The summed E-state index contributed by atoms with van der Waals surface area (Å²) in [4.78, 5) is 13.8. The molecule has 1 saturated heterocycles. The molecular weight excluding hydrogens is 321 g/mol. The van der Waals surface area contributed by atoms with E-state index >= 15 is 0 Å². The van der Waals surface area contributed by atoms with Crippen molar-refractivity contribution in [3.8, 4) is 0 Å². The predicted octanol–water partition coefficient (Wildman–Crippen LogP) is 2.04. The van der Waals surface area contributed by atoms with Gasteiger partial charge in [0.1, 0.15) is 0 Å². The third kappa shape index (κ3) is 3.89. The van der Waals surface area contributed by atoms with Crippen LogP contribution < -0.4 is 5.32 Å². The normalized spacial score (nSPS) is 27.8. The highest BCUT2D eigenvalue weighted by atomic mass is 19.4. The quantitative estimate of drug-likeness (QED) is 0.884. The average Bonchev–Trinajstić information content (AvgIpc) is 2.82. The van der Waals surface area contributed by atoms with Crippen LogP contribution in [0.5, 0.6) is 0 Å². The number of hydrogen-bond donors (Lipinski definition) is 2. The van der Waals surface area contributed by atoms with Crippen LogP contribution >= 0.6 is 0 Å². The summed E-state index contributed by atoms with van der Waals surface area (Å²) in [7, 11) is 0. The van der Waals surface area contributed by atoms with Gasteiger partial charge < -0.3 is 10.4 Å². The number of nitrogens with zero attached hydrogens (tertiary/aromatic N) is 1. The number of benzene rings is 1. The average molecular weight is 342 g/mol. The first kappa shape index (κ1) is 17.2. The maximum absolute atomic E-state index is 12.5. The Kier molecular flexibility index (Phi) is 4.83. The first-order chi connectivity index (χ1) is 11.3. The minimum absolute atomic E-state index is 0.107. The molecule has 132 valence electrons. The molecule has 1 amide bonds. The number of carbonyl (C=O) groups is 1. The highest BCUT2D eigenvalue weighted by Crippen LogP contribution is 2.32. The highest BCUT2D eigenvalue weighted by molar-refractivity contribution is 5.79. The van der Waals surface area contributed by atoms with Gasteiger partial charge in [-0.25, -0.2) is 0 Å². The zero-order valence-corrected chi connectivity index (χ0v) is 13.2. The lowest BCUT2D eigenvalue weighted by Crippen LogP contribution is -2.47. The first-order valence-corrected chi connectivity index (χ1v) is 8.19. The summed E-state index contributed by atoms with van der Waals surface area (Å²) in [5.74, 6) is -0.747. The number of halogens is 3. The van der Waals surface area contributed by atoms with Crippen LogP contribution in [-0.2, 0) is 11.2 Å². The lowest BCUT2D eigenvalue weighted by molar-refractivity contribution is -0.152. The van der Waals surface area contributed by atoms with Crippen LogP contribution in [0.15, 0.2) is 24.3 Å². The van der Waals surface area contributed by atoms with Crippen molar-refractivity contribution in [2.24, 2.45) is 5.92 Å². The predicted molar refractivity (Wildman–Crippen MR) is 82.3 cm³/mol. The summed E-state index contributed by atoms with van der Waals surface area (Å²) in [6.07, 6.45) is -3.32. The second-order valence-corrected chi connectivity index (χ2v) is 6.65. The molecule has 2 aliphatic rings. The maximum Gasteiger partial charge on any atom is 0.401 e. The number of fused-ring (bicyclic) bond motifs is 1. The molecule has 0 saturated carbocycles. The molecule has 2 N–H and O–H groups in total. The number of aliphatic hydroxyl groups is 1. The van der Waals surface area contributed by atoms with Crippen LogP contribution in [0.25, 0.3) is 0 Å². The van der Waals surface area contributed by atoms with Gasteiger partial charge in [0.25, 0.3) is 0 Å². The second kappa shape index (κ2) is 6.72. The van der Waals surface area contributed by atoms with Gasteiger partial charge in [-0.2, -0.15) is 13.2 Å². The van der Waals surface area contributed by atoms with E-state index in [1.54, 1.807) is 0 Å². The third-order valence-corrected chi connectivity index (χ3v) is 4.78. The number of aliphatic hydroxyl groups excluding tert-OH is 1. The maximum atomic E-state index is 12.5. The largest absolute Gasteiger partial charge is 0.401 e. The van der Waals surface area contributed by atoms with Crippen molar-refractivity contribution in [1.29, 1.82) is 0 Å². The summed E-state index contributed by atoms with van der Waals surface area (Å²) in [5.41, 5.74) is 1.89. The molecule has 1 aromatic carbocycles. The molecule has 0 aromatic heterocycles. The van der Waals surface area contributed by atoms with E-state index in [0.29, 0.717) is 25.8 Å². The van der Waals surface area contributed by atoms with Gasteiger partial charge in [-0.15, -0.1) is 0 Å². The number of rotatable bonds is 3. The Labute approximate surface area is 138 Å². The highest BCUT2D eigenvalue weighted by Gasteiger charge is 2.37. The van der Waals surface area contributed by atoms with E-state index in [2.05, 4.69) is 5.32 Å². The molecule has 3 atom stereocenters. The van der Waals surface area contributed by atoms with Crippen LogP contribution in [0.2, 0.25) is 0 Å². The van der Waals surface area contributed by atoms with Gasteiger partial charge in [0.2, 0.25) is 5.91 Å². The van der Waals surface area contributed by atoms with Crippen molar-refractivity contribution in [3.63, 3.8) is 0 Å². The zero-order valence-electron chi connectivity index (χ0n) is 13.2. The summed E-state index contributed by atoms with van der Waals surface area (Å²) in [6.45, 7) is -0.514. The Balaban J connectivity index is 1.63. The number of hydrogen-bond acceptors (Lipinski definition) is 3. The van der Waals surface area contributed by atoms with Gasteiger partial charge in [0, 0.05) is 13.0 Å². The minimum Gasteiger partial charge on any atom is -0.390 e. The number of piperidine rings is 1. The van der Waals surface area contributed by atoms with Crippen LogP contribution in [0.4, 0.5) is 13.2 Å². The van der Waals surface area contributed by atoms with Gasteiger partial charge >= 0.3 is 6.18 Å². The molecule has 1 aromatic rings. The lowest BCUT2D eigenvalue weighted by atomic mass is 9.96. The zero-order chi connectivity index (χ0) is 17.3. The fourth-order valence-electron chi connectivity index (χ4n) is 3.69. The number of carbonyl (C=O) groups excluding carboxylic acids is 1. The topological polar surface area (TPSA) is 52.6 Å². The number of alkyl halides is 3. The summed E-state index contributed by atoms with van der Waals surface area (Å²) < 4.78 is 37.6. The minimum atomic E-state index is -4.25. The Morgan fingerprint density at radius 3 is 2.83 bits per heavy atom. The Hall–Kier alpha value is -1.60. The van der Waals surface area contributed by atoms with E-state index < -0.39 is 30.8 Å². The molecule has 0 radical (unpaired) electrons. The Morgan fingerprint density at radius 2 is 2.08 bits per heavy atom. The molecule has 3 unspecified atom stereocenters. The fourth-order valence-corrected chi connectivity index (χ4v) is 3.69. The smallest absolute Gasteiger partial charge is 0.390 e. The summed E-state index contributed by atoms with van der Waals surface area (Å²) >= 11 is 0. The fraction of sp³-hybridized carbons (Fsp3) is 0.588. The standard InChI is InChI=1S/C17H21F3N2O2/c18-17(19,20)10-22-7-3-5-12(9-22)16(24)21-15-13-6-2-1-4-11(13)8-14(15)23/h1-2,4,6,12,14-15,23H,3,5,7-10H2,(H,21,24). The van der Waals surface area contributed by atoms with E-state index in [0.717, 1.165) is 11.1 Å². The van der Waals surface area contributed by atoms with Crippen molar-refractivity contribution in [2.45, 2.75) is 37.6 Å². The van der Waals surface area contributed by atoms with Crippen LogP contribution in [-0.4, -0.2) is 47.8 Å². The van der Waals surface area contributed by atoms with Crippen molar-refractivity contribution in [2.75, 3.05) is 19.6 Å². The molecule has 0 bridgehead atoms. The monoisotopic (exact) mass is 342 g/mol. The molecule has 1 heterocycles. The van der Waals surface area contributed by atoms with Gasteiger partial charge in [-0.1, -0.05) is 24.3 Å². The molecule has 1 aliphatic carbocycles. The summed E-state index contributed by atoms with van der Waals surface area (Å²) in [5, 5.41) is 13.0. The van der Waals surface area contributed by atoms with E-state index in [1.807, 2.05) is 24.3 Å². The van der Waals surface area contributed by atoms with E-state index in [9.17, 15) is 23.1 Å². The van der Waals surface area contributed by atoms with Crippen molar-refractivity contribution >= 4 is 5.91 Å². The van der Waals surface area contributed by atoms with Gasteiger partial charge in [-0.3, -0.25) is 9.69 Å². The molecule has 0 spiro atoms. The SMILES string of the molecule is O=C(NC1c2ccccc2CC1O)C1CCCN(CC(F)(F)F)C1. The van der Waals surface area contributed by atoms with Gasteiger partial charge in [0.05, 0.1) is 24.6 Å². The van der Waals surface area contributed by atoms with E-state index in [1.165, 1.54) is 4.90 Å². The summed E-state index contributed by atoms with van der Waals surface area (Å²) in [6, 6.07) is 7.03. The Bertz CT molecular complexity index is 606. The molecular formula is C17H21F3N2O2. The molecule has 7 heteroatoms. The van der Waals surface area contributed by atoms with Gasteiger partial charge in [-0.05, 0) is 30.5 Å². The molecule has 3 rings (SSSR count). The number of amides is 1. The first-order valence-electron chi connectivity index (χ1n) is 8.19. The molecule has 1 aliphatic heterocycles. The molecule has 1 fully saturated rings. The third-order valence-electron chi connectivity index (χ3n) is 4.78. The van der Waals surface area contributed by atoms with Crippen molar-refractivity contribution in [3.05, 3.63) is 35.4 Å². The van der Waals surface area contributed by atoms with Crippen LogP contribution in [0.1, 0.15) is 30.0 Å². The number of nitrogens with one attached hydrogen (secondary N) is 1. The lowest BCUT2D eigenvalue weighted by Gasteiger charge is -2.33. The molecule has 4 nitrogen and oxygen atoms in total. The second-order valence-electron chi connectivity index (χ2n) is 6.65. The van der Waals surface area contributed by atoms with Crippen LogP contribution in [0.3, 0.4) is 0 Å². The van der Waals surface area contributed by atoms with Crippen molar-refractivity contribution in [1.82, 2.24) is 10.2 Å². The molecule has 24 heavy (non-hydrogen) atoms. The Morgan fingerprint density at radius 1 is 1.33 bits per heavy atom. The van der Waals surface area contributed by atoms with E-state index in [-0.39, 0.29) is 12.5 Å². The van der Waals surface area contributed by atoms with Crippen molar-refractivity contribution < 1.29 is 23.1 Å². The van der Waals surface area contributed by atoms with E-state index in [4.69, 9.17) is 0 Å².